The molecule has 0 spiro atoms. The summed E-state index contributed by atoms with van der Waals surface area (Å²) in [6.07, 6.45) is -2.92. The van der Waals surface area contributed by atoms with Gasteiger partial charge in [0, 0.05) is 7.11 Å². The molecule has 0 fully saturated rings. The molecule has 2 aromatic rings. The van der Waals surface area contributed by atoms with Crippen molar-refractivity contribution >= 4 is 11.7 Å². The molecule has 3 N–H and O–H groups in total. The maximum absolute atomic E-state index is 12.5. The van der Waals surface area contributed by atoms with Gasteiger partial charge in [0.15, 0.2) is 5.82 Å². The SMILES string of the molecule is COC[C@H](N)C(=O)Nc1cn(Cc2ccc(C(F)(F)F)cc2)nn1. The molecule has 1 amide bonds. The predicted molar refractivity (Wildman–Crippen MR) is 79.0 cm³/mol. The van der Waals surface area contributed by atoms with Crippen molar-refractivity contribution < 1.29 is 22.7 Å². The van der Waals surface area contributed by atoms with Gasteiger partial charge >= 0.3 is 6.18 Å². The van der Waals surface area contributed by atoms with Crippen molar-refractivity contribution in [2.45, 2.75) is 18.8 Å². The summed E-state index contributed by atoms with van der Waals surface area (Å²) in [5.74, 6) is -0.281. The van der Waals surface area contributed by atoms with Crippen molar-refractivity contribution in [2.24, 2.45) is 5.73 Å². The fourth-order valence-corrected chi connectivity index (χ4v) is 1.89. The van der Waals surface area contributed by atoms with E-state index in [1.165, 1.54) is 30.1 Å². The van der Waals surface area contributed by atoms with Crippen molar-refractivity contribution in [2.75, 3.05) is 19.0 Å². The lowest BCUT2D eigenvalue weighted by molar-refractivity contribution is -0.137. The van der Waals surface area contributed by atoms with Crippen LogP contribution in [0.2, 0.25) is 0 Å². The molecule has 0 radical (unpaired) electrons. The number of nitrogens with two attached hydrogens (primary N) is 1. The molecule has 7 nitrogen and oxygen atoms in total. The van der Waals surface area contributed by atoms with E-state index in [0.717, 1.165) is 12.1 Å². The van der Waals surface area contributed by atoms with Crippen LogP contribution in [-0.2, 0) is 22.3 Å². The van der Waals surface area contributed by atoms with Crippen molar-refractivity contribution in [1.82, 2.24) is 15.0 Å². The van der Waals surface area contributed by atoms with Gasteiger partial charge < -0.3 is 15.8 Å². The van der Waals surface area contributed by atoms with E-state index >= 15 is 0 Å². The van der Waals surface area contributed by atoms with Gasteiger partial charge in [-0.05, 0) is 17.7 Å². The second-order valence-electron chi connectivity index (χ2n) is 5.05. The van der Waals surface area contributed by atoms with Crippen LogP contribution in [0.25, 0.3) is 0 Å². The van der Waals surface area contributed by atoms with E-state index in [0.29, 0.717) is 5.56 Å². The van der Waals surface area contributed by atoms with Crippen LogP contribution in [0.4, 0.5) is 19.0 Å². The summed E-state index contributed by atoms with van der Waals surface area (Å²) in [5.41, 5.74) is 5.47. The average Bonchev–Trinajstić information content (AvgIpc) is 2.94. The summed E-state index contributed by atoms with van der Waals surface area (Å²) in [7, 11) is 1.42. The Labute approximate surface area is 135 Å². The van der Waals surface area contributed by atoms with E-state index in [1.54, 1.807) is 0 Å². The number of anilines is 1. The first-order chi connectivity index (χ1) is 11.3. The molecule has 1 heterocycles. The number of aromatic nitrogens is 3. The Kier molecular flexibility index (Phi) is 5.52. The summed E-state index contributed by atoms with van der Waals surface area (Å²) in [4.78, 5) is 11.7. The molecule has 0 bridgehead atoms. The standard InChI is InChI=1S/C14H16F3N5O2/c1-24-8-11(18)13(23)19-12-7-22(21-20-12)6-9-2-4-10(5-3-9)14(15,16)17/h2-5,7,11H,6,8,18H2,1H3,(H,19,23)/t11-/m0/s1. The second kappa shape index (κ2) is 7.41. The monoisotopic (exact) mass is 343 g/mol. The first-order valence-electron chi connectivity index (χ1n) is 6.91. The first kappa shape index (κ1) is 17.9. The Bertz CT molecular complexity index is 684. The number of hydrogen-bond donors (Lipinski definition) is 2. The van der Waals surface area contributed by atoms with Crippen LogP contribution in [0.15, 0.2) is 30.5 Å². The molecular formula is C14H16F3N5O2. The number of nitrogens with one attached hydrogen (secondary N) is 1. The van der Waals surface area contributed by atoms with Gasteiger partial charge in [-0.15, -0.1) is 5.10 Å². The van der Waals surface area contributed by atoms with Crippen molar-refractivity contribution in [1.29, 1.82) is 0 Å². The zero-order valence-corrected chi connectivity index (χ0v) is 12.7. The molecule has 0 saturated heterocycles. The third-order valence-electron chi connectivity index (χ3n) is 3.10. The highest BCUT2D eigenvalue weighted by Gasteiger charge is 2.29. The van der Waals surface area contributed by atoms with E-state index in [2.05, 4.69) is 15.6 Å². The van der Waals surface area contributed by atoms with Gasteiger partial charge in [-0.3, -0.25) is 4.79 Å². The number of alkyl halides is 3. The predicted octanol–water partition coefficient (Wildman–Crippen LogP) is 1.26. The summed E-state index contributed by atoms with van der Waals surface area (Å²) >= 11 is 0. The quantitative estimate of drug-likeness (QED) is 0.823. The molecule has 0 unspecified atom stereocenters. The number of amides is 1. The Morgan fingerprint density at radius 2 is 2.04 bits per heavy atom. The molecule has 1 aromatic carbocycles. The topological polar surface area (TPSA) is 95.1 Å². The summed E-state index contributed by atoms with van der Waals surface area (Å²) in [6, 6.07) is 3.88. The maximum atomic E-state index is 12.5. The van der Waals surface area contributed by atoms with Crippen LogP contribution in [0.3, 0.4) is 0 Å². The molecule has 1 atom stereocenters. The fourth-order valence-electron chi connectivity index (χ4n) is 1.89. The molecule has 1 aromatic heterocycles. The van der Waals surface area contributed by atoms with Crippen LogP contribution in [0.5, 0.6) is 0 Å². The van der Waals surface area contributed by atoms with Crippen LogP contribution in [-0.4, -0.2) is 40.7 Å². The first-order valence-corrected chi connectivity index (χ1v) is 6.91. The third kappa shape index (κ3) is 4.77. The van der Waals surface area contributed by atoms with Crippen LogP contribution >= 0.6 is 0 Å². The van der Waals surface area contributed by atoms with E-state index in [4.69, 9.17) is 10.5 Å². The highest BCUT2D eigenvalue weighted by Crippen LogP contribution is 2.29. The normalized spacial score (nSPS) is 12.9. The minimum Gasteiger partial charge on any atom is -0.383 e. The Hall–Kier alpha value is -2.46. The summed E-state index contributed by atoms with van der Waals surface area (Å²) < 4.78 is 43.7. The molecule has 0 saturated carbocycles. The van der Waals surface area contributed by atoms with E-state index < -0.39 is 23.7 Å². The van der Waals surface area contributed by atoms with Crippen LogP contribution < -0.4 is 11.1 Å². The number of carbonyl (C=O) groups excluding carboxylic acids is 1. The zero-order valence-electron chi connectivity index (χ0n) is 12.7. The Balaban J connectivity index is 1.97. The molecule has 2 rings (SSSR count). The van der Waals surface area contributed by atoms with Gasteiger partial charge in [0.1, 0.15) is 6.04 Å². The Morgan fingerprint density at radius 1 is 1.38 bits per heavy atom. The minimum atomic E-state index is -4.37. The van der Waals surface area contributed by atoms with Gasteiger partial charge in [-0.1, -0.05) is 17.3 Å². The van der Waals surface area contributed by atoms with Crippen LogP contribution in [0.1, 0.15) is 11.1 Å². The molecule has 130 valence electrons. The van der Waals surface area contributed by atoms with Crippen LogP contribution in [0, 0.1) is 0 Å². The highest BCUT2D eigenvalue weighted by molar-refractivity contribution is 5.93. The lowest BCUT2D eigenvalue weighted by atomic mass is 10.1. The second-order valence-corrected chi connectivity index (χ2v) is 5.05. The number of ether oxygens (including phenoxy) is 1. The van der Waals surface area contributed by atoms with Gasteiger partial charge in [0.05, 0.1) is 24.9 Å². The molecule has 24 heavy (non-hydrogen) atoms. The number of halogens is 3. The summed E-state index contributed by atoms with van der Waals surface area (Å²) in [6.45, 7) is 0.274. The third-order valence-corrected chi connectivity index (χ3v) is 3.10. The molecule has 0 aliphatic heterocycles. The number of rotatable bonds is 6. The molecule has 0 aliphatic carbocycles. The highest BCUT2D eigenvalue weighted by atomic mass is 19.4. The van der Waals surface area contributed by atoms with E-state index in [1.807, 2.05) is 0 Å². The summed E-state index contributed by atoms with van der Waals surface area (Å²) in [5, 5.41) is 10.0. The molecule has 10 heteroatoms. The van der Waals surface area contributed by atoms with Gasteiger partial charge in [-0.2, -0.15) is 13.2 Å². The largest absolute Gasteiger partial charge is 0.416 e. The van der Waals surface area contributed by atoms with Crippen molar-refractivity contribution in [3.8, 4) is 0 Å². The smallest absolute Gasteiger partial charge is 0.383 e. The van der Waals surface area contributed by atoms with Gasteiger partial charge in [0.2, 0.25) is 5.91 Å². The number of methoxy groups -OCH3 is 1. The lowest BCUT2D eigenvalue weighted by Gasteiger charge is -2.08. The lowest BCUT2D eigenvalue weighted by Crippen LogP contribution is -2.39. The zero-order chi connectivity index (χ0) is 17.7. The van der Waals surface area contributed by atoms with E-state index in [-0.39, 0.29) is 19.0 Å². The van der Waals surface area contributed by atoms with Gasteiger partial charge in [0.25, 0.3) is 0 Å². The van der Waals surface area contributed by atoms with Gasteiger partial charge in [-0.25, -0.2) is 4.68 Å². The van der Waals surface area contributed by atoms with Crippen molar-refractivity contribution in [3.05, 3.63) is 41.6 Å². The number of benzene rings is 1. The molecular weight excluding hydrogens is 327 g/mol. The van der Waals surface area contributed by atoms with E-state index in [9.17, 15) is 18.0 Å². The minimum absolute atomic E-state index is 0.0610. The maximum Gasteiger partial charge on any atom is 0.416 e. The number of carbonyl (C=O) groups is 1. The molecule has 0 aliphatic rings. The van der Waals surface area contributed by atoms with Crippen molar-refractivity contribution in [3.63, 3.8) is 0 Å². The Morgan fingerprint density at radius 3 is 2.62 bits per heavy atom. The fraction of sp³-hybridized carbons (Fsp3) is 0.357. The number of hydrogen-bond acceptors (Lipinski definition) is 5. The average molecular weight is 343 g/mol. The number of nitrogens with zero attached hydrogens (tertiary/aromatic N) is 3.